The highest BCUT2D eigenvalue weighted by molar-refractivity contribution is 5.97. The third kappa shape index (κ3) is 4.32. The van der Waals surface area contributed by atoms with Gasteiger partial charge in [-0.25, -0.2) is 18.7 Å². The van der Waals surface area contributed by atoms with Crippen molar-refractivity contribution >= 4 is 17.4 Å². The lowest BCUT2D eigenvalue weighted by molar-refractivity contribution is 0.0112. The minimum atomic E-state index is -0.984. The number of fused-ring (bicyclic) bond motifs is 1. The van der Waals surface area contributed by atoms with Gasteiger partial charge < -0.3 is 20.7 Å². The Morgan fingerprint density at radius 1 is 1.17 bits per heavy atom. The molecule has 3 aromatic rings. The largest absolute Gasteiger partial charge is 0.382 e. The Morgan fingerprint density at radius 2 is 1.97 bits per heavy atom. The first-order valence-electron chi connectivity index (χ1n) is 11.7. The lowest BCUT2D eigenvalue weighted by Crippen LogP contribution is -2.45. The number of aromatic nitrogens is 2. The van der Waals surface area contributed by atoms with E-state index in [4.69, 9.17) is 10.5 Å². The van der Waals surface area contributed by atoms with Crippen molar-refractivity contribution < 1.29 is 18.3 Å². The third-order valence-corrected chi connectivity index (χ3v) is 6.62. The number of carbonyl (C=O) groups excluding carboxylic acids is 1. The maximum Gasteiger partial charge on any atom is 0.251 e. The van der Waals surface area contributed by atoms with E-state index in [9.17, 15) is 4.79 Å². The van der Waals surface area contributed by atoms with E-state index in [0.29, 0.717) is 49.5 Å². The maximum absolute atomic E-state index is 15.3. The smallest absolute Gasteiger partial charge is 0.251 e. The number of nitrogens with zero attached hydrogens (tertiary/aromatic N) is 3. The van der Waals surface area contributed by atoms with Crippen molar-refractivity contribution in [1.82, 2.24) is 15.3 Å². The Balaban J connectivity index is 1.49. The average molecular weight is 480 g/mol. The number of amides is 1. The van der Waals surface area contributed by atoms with Crippen LogP contribution in [0, 0.1) is 17.6 Å². The van der Waals surface area contributed by atoms with Crippen molar-refractivity contribution in [2.45, 2.75) is 26.4 Å². The Bertz CT molecular complexity index is 1300. The molecule has 0 aliphatic carbocycles. The Morgan fingerprint density at radius 3 is 2.77 bits per heavy atom. The van der Waals surface area contributed by atoms with Crippen molar-refractivity contribution in [3.63, 3.8) is 0 Å². The molecule has 1 atom stereocenters. The van der Waals surface area contributed by atoms with Gasteiger partial charge in [-0.1, -0.05) is 19.9 Å². The summed E-state index contributed by atoms with van der Waals surface area (Å²) in [6, 6.07) is 8.40. The number of nitrogens with two attached hydrogens (primary N) is 1. The zero-order valence-corrected chi connectivity index (χ0v) is 19.6. The van der Waals surface area contributed by atoms with Gasteiger partial charge in [0, 0.05) is 36.3 Å². The summed E-state index contributed by atoms with van der Waals surface area (Å²) in [6.07, 6.45) is 1.98. The number of hydrogen-bond acceptors (Lipinski definition) is 6. The van der Waals surface area contributed by atoms with Crippen molar-refractivity contribution in [2.75, 3.05) is 36.9 Å². The van der Waals surface area contributed by atoms with Crippen LogP contribution in [0.2, 0.25) is 0 Å². The number of nitrogen functional groups attached to an aromatic ring is 1. The first kappa shape index (κ1) is 23.2. The van der Waals surface area contributed by atoms with E-state index in [2.05, 4.69) is 15.3 Å². The standard InChI is InChI=1S/C26H27F2N5O2/c1-14(2)21-13-33(9-10-35-21)20-6-5-18(22(27)23(20)28)19-12-31-25(29)24(32-19)16-3-4-17-15(11-16)7-8-30-26(17)34/h3-6,11-12,14,21H,7-10,13H2,1-2H3,(H2,29,31)(H,30,34)/t21-/m0/s1. The molecule has 1 aromatic heterocycles. The molecular weight excluding hydrogens is 452 g/mol. The molecule has 9 heteroatoms. The topological polar surface area (TPSA) is 93.4 Å². The third-order valence-electron chi connectivity index (χ3n) is 6.62. The molecule has 2 aliphatic heterocycles. The predicted molar refractivity (Wildman–Crippen MR) is 130 cm³/mol. The second-order valence-electron chi connectivity index (χ2n) is 9.23. The highest BCUT2D eigenvalue weighted by Crippen LogP contribution is 2.33. The van der Waals surface area contributed by atoms with Gasteiger partial charge in [0.15, 0.2) is 11.6 Å². The van der Waals surface area contributed by atoms with Crippen LogP contribution in [0.5, 0.6) is 0 Å². The van der Waals surface area contributed by atoms with Crippen LogP contribution >= 0.6 is 0 Å². The molecule has 5 rings (SSSR count). The molecule has 1 fully saturated rings. The molecule has 182 valence electrons. The summed E-state index contributed by atoms with van der Waals surface area (Å²) in [5.41, 5.74) is 8.98. The van der Waals surface area contributed by atoms with E-state index in [0.717, 1.165) is 5.56 Å². The fourth-order valence-electron chi connectivity index (χ4n) is 4.59. The molecule has 1 saturated heterocycles. The second-order valence-corrected chi connectivity index (χ2v) is 9.23. The maximum atomic E-state index is 15.3. The average Bonchev–Trinajstić information content (AvgIpc) is 2.86. The molecular formula is C26H27F2N5O2. The molecule has 2 aliphatic rings. The van der Waals surface area contributed by atoms with Crippen LogP contribution in [0.4, 0.5) is 20.3 Å². The van der Waals surface area contributed by atoms with Gasteiger partial charge in [0.2, 0.25) is 0 Å². The van der Waals surface area contributed by atoms with Crippen LogP contribution in [0.25, 0.3) is 22.5 Å². The lowest BCUT2D eigenvalue weighted by Gasteiger charge is -2.36. The molecule has 0 spiro atoms. The number of nitrogens with one attached hydrogen (secondary N) is 1. The summed E-state index contributed by atoms with van der Waals surface area (Å²) < 4.78 is 36.3. The summed E-state index contributed by atoms with van der Waals surface area (Å²) in [5.74, 6) is -1.59. The quantitative estimate of drug-likeness (QED) is 0.591. The van der Waals surface area contributed by atoms with Crippen molar-refractivity contribution in [3.05, 3.63) is 59.3 Å². The van der Waals surface area contributed by atoms with Crippen LogP contribution in [-0.4, -0.2) is 48.2 Å². The van der Waals surface area contributed by atoms with E-state index in [-0.39, 0.29) is 40.7 Å². The highest BCUT2D eigenvalue weighted by atomic mass is 19.2. The molecule has 2 aromatic carbocycles. The minimum Gasteiger partial charge on any atom is -0.382 e. The van der Waals surface area contributed by atoms with Crippen molar-refractivity contribution in [1.29, 1.82) is 0 Å². The Labute approximate surface area is 202 Å². The van der Waals surface area contributed by atoms with Gasteiger partial charge in [-0.05, 0) is 42.2 Å². The normalized spacial score (nSPS) is 17.9. The number of ether oxygens (including phenoxy) is 1. The van der Waals surface area contributed by atoms with E-state index in [1.54, 1.807) is 18.2 Å². The van der Waals surface area contributed by atoms with Gasteiger partial charge in [0.25, 0.3) is 5.91 Å². The number of anilines is 2. The monoisotopic (exact) mass is 479 g/mol. The summed E-state index contributed by atoms with van der Waals surface area (Å²) in [6.45, 7) is 6.08. The van der Waals surface area contributed by atoms with Gasteiger partial charge in [-0.3, -0.25) is 4.79 Å². The fourth-order valence-corrected chi connectivity index (χ4v) is 4.59. The van der Waals surface area contributed by atoms with Crippen LogP contribution in [-0.2, 0) is 11.2 Å². The zero-order chi connectivity index (χ0) is 24.7. The first-order chi connectivity index (χ1) is 16.8. The minimum absolute atomic E-state index is 0.00556. The molecule has 1 amide bonds. The van der Waals surface area contributed by atoms with Gasteiger partial charge in [-0.15, -0.1) is 0 Å². The Kier molecular flexibility index (Phi) is 6.10. The summed E-state index contributed by atoms with van der Waals surface area (Å²) in [5, 5.41) is 2.81. The van der Waals surface area contributed by atoms with Gasteiger partial charge >= 0.3 is 0 Å². The predicted octanol–water partition coefficient (Wildman–Crippen LogP) is 3.82. The van der Waals surface area contributed by atoms with E-state index >= 15 is 8.78 Å². The SMILES string of the molecule is CC(C)[C@@H]1CN(c2ccc(-c3cnc(N)c(-c4ccc5c(c4)CCNC5=O)n3)c(F)c2F)CCO1. The number of hydrogen-bond donors (Lipinski definition) is 2. The van der Waals surface area contributed by atoms with Crippen LogP contribution in [0.15, 0.2) is 36.5 Å². The summed E-state index contributed by atoms with van der Waals surface area (Å²) in [4.78, 5) is 22.6. The summed E-state index contributed by atoms with van der Waals surface area (Å²) >= 11 is 0. The van der Waals surface area contributed by atoms with Gasteiger partial charge in [0.1, 0.15) is 11.5 Å². The number of benzene rings is 2. The molecule has 0 unspecified atom stereocenters. The van der Waals surface area contributed by atoms with E-state index in [1.165, 1.54) is 12.3 Å². The van der Waals surface area contributed by atoms with Crippen LogP contribution in [0.3, 0.4) is 0 Å². The number of rotatable bonds is 4. The molecule has 0 saturated carbocycles. The molecule has 0 bridgehead atoms. The highest BCUT2D eigenvalue weighted by Gasteiger charge is 2.27. The second kappa shape index (κ2) is 9.22. The van der Waals surface area contributed by atoms with E-state index < -0.39 is 11.6 Å². The number of carbonyl (C=O) groups is 1. The summed E-state index contributed by atoms with van der Waals surface area (Å²) in [7, 11) is 0. The number of morpholine rings is 1. The zero-order valence-electron chi connectivity index (χ0n) is 19.6. The number of halogens is 2. The molecule has 7 nitrogen and oxygen atoms in total. The Hall–Kier alpha value is -3.59. The lowest BCUT2D eigenvalue weighted by atomic mass is 9.96. The first-order valence-corrected chi connectivity index (χ1v) is 11.7. The van der Waals surface area contributed by atoms with Crippen LogP contribution in [0.1, 0.15) is 29.8 Å². The van der Waals surface area contributed by atoms with Crippen molar-refractivity contribution in [3.8, 4) is 22.5 Å². The van der Waals surface area contributed by atoms with E-state index in [1.807, 2.05) is 24.8 Å². The molecule has 0 radical (unpaired) electrons. The fraction of sp³-hybridized carbons (Fsp3) is 0.346. The van der Waals surface area contributed by atoms with Gasteiger partial charge in [0.05, 0.1) is 30.3 Å². The molecule has 35 heavy (non-hydrogen) atoms. The molecule has 3 heterocycles. The molecule has 3 N–H and O–H groups in total. The van der Waals surface area contributed by atoms with Gasteiger partial charge in [-0.2, -0.15) is 0 Å². The van der Waals surface area contributed by atoms with Crippen molar-refractivity contribution in [2.24, 2.45) is 5.92 Å². The van der Waals surface area contributed by atoms with Crippen LogP contribution < -0.4 is 16.0 Å².